The minimum atomic E-state index is -0.531. The van der Waals surface area contributed by atoms with Crippen molar-refractivity contribution in [3.8, 4) is 0 Å². The third-order valence-corrected chi connectivity index (χ3v) is 5.78. The highest BCUT2D eigenvalue weighted by Gasteiger charge is 2.20. The van der Waals surface area contributed by atoms with Gasteiger partial charge in [0.25, 0.3) is 11.7 Å². The van der Waals surface area contributed by atoms with E-state index in [-0.39, 0.29) is 18.1 Å². The fourth-order valence-corrected chi connectivity index (χ4v) is 3.73. The van der Waals surface area contributed by atoms with Gasteiger partial charge in [-0.15, -0.1) is 5.10 Å². The molecule has 8 nitrogen and oxygen atoms in total. The first kappa shape index (κ1) is 22.7. The molecule has 2 aromatic heterocycles. The average Bonchev–Trinajstić information content (AvgIpc) is 3.13. The number of carbonyl (C=O) groups is 2. The van der Waals surface area contributed by atoms with Gasteiger partial charge in [-0.25, -0.2) is 14.3 Å². The van der Waals surface area contributed by atoms with Gasteiger partial charge in [-0.1, -0.05) is 36.9 Å². The van der Waals surface area contributed by atoms with E-state index in [0.29, 0.717) is 22.3 Å². The lowest BCUT2D eigenvalue weighted by molar-refractivity contribution is -0.125. The van der Waals surface area contributed by atoms with Crippen LogP contribution in [0.5, 0.6) is 0 Å². The number of amides is 1. The molecule has 1 amide bonds. The number of fused-ring (bicyclic) bond motifs is 1. The smallest absolute Gasteiger partial charge is 0.338 e. The summed E-state index contributed by atoms with van der Waals surface area (Å²) in [6.07, 6.45) is 0.776. The van der Waals surface area contributed by atoms with Gasteiger partial charge in [-0.2, -0.15) is 4.98 Å². The van der Waals surface area contributed by atoms with Crippen LogP contribution in [0.1, 0.15) is 54.5 Å². The second-order valence-electron chi connectivity index (χ2n) is 7.95. The first-order chi connectivity index (χ1) is 14.7. The molecule has 0 aliphatic carbocycles. The Morgan fingerprint density at radius 2 is 1.94 bits per heavy atom. The normalized spacial score (nSPS) is 11.5. The van der Waals surface area contributed by atoms with E-state index in [1.807, 2.05) is 52.8 Å². The van der Waals surface area contributed by atoms with Gasteiger partial charge in [0.15, 0.2) is 6.61 Å². The molecule has 0 atom stereocenters. The van der Waals surface area contributed by atoms with Crippen molar-refractivity contribution in [2.45, 2.75) is 57.5 Å². The van der Waals surface area contributed by atoms with Crippen LogP contribution in [0.3, 0.4) is 0 Å². The molecule has 0 radical (unpaired) electrons. The van der Waals surface area contributed by atoms with E-state index >= 15 is 0 Å². The van der Waals surface area contributed by atoms with E-state index in [4.69, 9.17) is 4.74 Å². The summed E-state index contributed by atoms with van der Waals surface area (Å²) in [7, 11) is 0. The summed E-state index contributed by atoms with van der Waals surface area (Å²) < 4.78 is 6.94. The van der Waals surface area contributed by atoms with Crippen LogP contribution in [0.4, 0.5) is 0 Å². The molecule has 31 heavy (non-hydrogen) atoms. The molecule has 0 saturated carbocycles. The third kappa shape index (κ3) is 5.81. The molecule has 2 heterocycles. The number of ether oxygens (including phenoxy) is 1. The van der Waals surface area contributed by atoms with Gasteiger partial charge in [0.2, 0.25) is 5.16 Å². The van der Waals surface area contributed by atoms with Crippen molar-refractivity contribution in [2.24, 2.45) is 0 Å². The van der Waals surface area contributed by atoms with E-state index in [1.54, 1.807) is 16.6 Å². The van der Waals surface area contributed by atoms with Crippen molar-refractivity contribution >= 4 is 29.4 Å². The van der Waals surface area contributed by atoms with Gasteiger partial charge in [0.1, 0.15) is 0 Å². The van der Waals surface area contributed by atoms with Crippen molar-refractivity contribution < 1.29 is 14.3 Å². The average molecular weight is 442 g/mol. The van der Waals surface area contributed by atoms with Crippen molar-refractivity contribution in [1.82, 2.24) is 24.9 Å². The molecule has 0 spiro atoms. The number of carbonyl (C=O) groups excluding carboxylic acids is 2. The topological polar surface area (TPSA) is 98.5 Å². The van der Waals surface area contributed by atoms with Crippen molar-refractivity contribution in [3.63, 3.8) is 0 Å². The zero-order valence-corrected chi connectivity index (χ0v) is 19.2. The predicted octanol–water partition coefficient (Wildman–Crippen LogP) is 3.50. The Bertz CT molecular complexity index is 1110. The molecule has 1 N–H and O–H groups in total. The van der Waals surface area contributed by atoms with E-state index < -0.39 is 5.97 Å². The minimum absolute atomic E-state index is 0.317. The number of nitrogens with one attached hydrogen (secondary N) is 1. The first-order valence-corrected chi connectivity index (χ1v) is 11.1. The van der Waals surface area contributed by atoms with Crippen LogP contribution in [0.15, 0.2) is 35.5 Å². The summed E-state index contributed by atoms with van der Waals surface area (Å²) in [5.74, 6) is 0.180. The molecule has 0 aliphatic heterocycles. The van der Waals surface area contributed by atoms with E-state index in [9.17, 15) is 9.59 Å². The maximum Gasteiger partial charge on any atom is 0.338 e. The number of esters is 1. The molecule has 0 fully saturated rings. The van der Waals surface area contributed by atoms with Crippen molar-refractivity contribution in [3.05, 3.63) is 52.8 Å². The number of aryl methyl sites for hydroxylation is 2. The predicted molar refractivity (Wildman–Crippen MR) is 119 cm³/mol. The first-order valence-electron chi connectivity index (χ1n) is 10.1. The molecule has 3 aromatic rings. The second-order valence-corrected chi connectivity index (χ2v) is 8.90. The van der Waals surface area contributed by atoms with Crippen LogP contribution in [-0.2, 0) is 15.3 Å². The molecule has 0 saturated heterocycles. The lowest BCUT2D eigenvalue weighted by Crippen LogP contribution is -2.44. The van der Waals surface area contributed by atoms with Crippen molar-refractivity contribution in [1.29, 1.82) is 0 Å². The molecule has 1 aromatic carbocycles. The number of hydrogen-bond donors (Lipinski definition) is 1. The SMILES string of the molecule is CCC(C)(C)NC(=O)COC(=O)c1ccccc1CSc1nc2nc(C)cc(C)n2n1. The molecule has 9 heteroatoms. The minimum Gasteiger partial charge on any atom is -0.452 e. The number of hydrogen-bond acceptors (Lipinski definition) is 7. The molecular weight excluding hydrogens is 414 g/mol. The summed E-state index contributed by atoms with van der Waals surface area (Å²) >= 11 is 1.41. The maximum atomic E-state index is 12.6. The van der Waals surface area contributed by atoms with Crippen LogP contribution in [0.2, 0.25) is 0 Å². The van der Waals surface area contributed by atoms with Crippen LogP contribution in [0, 0.1) is 13.8 Å². The Kier molecular flexibility index (Phi) is 6.94. The van der Waals surface area contributed by atoms with Gasteiger partial charge in [0, 0.05) is 22.7 Å². The summed E-state index contributed by atoms with van der Waals surface area (Å²) in [6.45, 7) is 9.38. The summed E-state index contributed by atoms with van der Waals surface area (Å²) in [6, 6.07) is 9.12. The Labute approximate surface area is 185 Å². The lowest BCUT2D eigenvalue weighted by Gasteiger charge is -2.24. The van der Waals surface area contributed by atoms with Crippen molar-refractivity contribution in [2.75, 3.05) is 6.61 Å². The lowest BCUT2D eigenvalue weighted by atomic mass is 10.0. The quantitative estimate of drug-likeness (QED) is 0.422. The van der Waals surface area contributed by atoms with Gasteiger partial charge < -0.3 is 10.1 Å². The third-order valence-electron chi connectivity index (χ3n) is 4.89. The van der Waals surface area contributed by atoms with Gasteiger partial charge in [0.05, 0.1) is 5.56 Å². The Hall–Kier alpha value is -2.94. The van der Waals surface area contributed by atoms with E-state index in [1.165, 1.54) is 11.8 Å². The Morgan fingerprint density at radius 1 is 1.19 bits per heavy atom. The van der Waals surface area contributed by atoms with Gasteiger partial charge in [-0.05, 0) is 51.8 Å². The molecule has 164 valence electrons. The number of thioether (sulfide) groups is 1. The van der Waals surface area contributed by atoms with Crippen LogP contribution in [0.25, 0.3) is 5.78 Å². The molecule has 0 bridgehead atoms. The summed E-state index contributed by atoms with van der Waals surface area (Å²) in [5.41, 5.74) is 2.70. The second kappa shape index (κ2) is 9.47. The highest BCUT2D eigenvalue weighted by molar-refractivity contribution is 7.98. The van der Waals surface area contributed by atoms with Gasteiger partial charge >= 0.3 is 5.97 Å². The largest absolute Gasteiger partial charge is 0.452 e. The highest BCUT2D eigenvalue weighted by Crippen LogP contribution is 2.23. The number of nitrogens with zero attached hydrogens (tertiary/aromatic N) is 4. The zero-order valence-electron chi connectivity index (χ0n) is 18.4. The highest BCUT2D eigenvalue weighted by atomic mass is 32.2. The van der Waals surface area contributed by atoms with E-state index in [2.05, 4.69) is 20.4 Å². The summed E-state index contributed by atoms with van der Waals surface area (Å²) in [5, 5.41) is 7.91. The molecule has 3 rings (SSSR count). The fraction of sp³-hybridized carbons (Fsp3) is 0.409. The molecular formula is C22H27N5O3S. The van der Waals surface area contributed by atoms with E-state index in [0.717, 1.165) is 23.4 Å². The van der Waals surface area contributed by atoms with Crippen LogP contribution < -0.4 is 5.32 Å². The zero-order chi connectivity index (χ0) is 22.6. The molecule has 0 unspecified atom stereocenters. The number of rotatable bonds is 8. The van der Waals surface area contributed by atoms with Crippen LogP contribution >= 0.6 is 11.8 Å². The Morgan fingerprint density at radius 3 is 2.68 bits per heavy atom. The Balaban J connectivity index is 1.66. The number of benzene rings is 1. The van der Waals surface area contributed by atoms with Crippen LogP contribution in [-0.4, -0.2) is 43.6 Å². The molecule has 0 aliphatic rings. The van der Waals surface area contributed by atoms with Gasteiger partial charge in [-0.3, -0.25) is 4.79 Å². The number of aromatic nitrogens is 4. The summed E-state index contributed by atoms with van der Waals surface area (Å²) in [4.78, 5) is 33.5. The maximum absolute atomic E-state index is 12.6. The monoisotopic (exact) mass is 441 g/mol. The fourth-order valence-electron chi connectivity index (χ4n) is 2.91. The standard InChI is InChI=1S/C22H27N5O3S/c1-6-22(4,5)25-18(28)12-30-19(29)17-10-8-7-9-16(17)13-31-21-24-20-23-14(2)11-15(3)27(20)26-21/h7-11H,6,12-13H2,1-5H3,(H,25,28).